The van der Waals surface area contributed by atoms with Gasteiger partial charge >= 0.3 is 17.9 Å². The number of fused-ring (bicyclic) bond motifs is 8. The number of carbonyl (C=O) groups excluding carboxylic acids is 3. The Morgan fingerprint density at radius 3 is 2.35 bits per heavy atom. The Hall–Kier alpha value is -7.11. The van der Waals surface area contributed by atoms with Gasteiger partial charge in [-0.15, -0.1) is 0 Å². The highest BCUT2D eigenvalue weighted by molar-refractivity contribution is 5.95. The first-order valence-corrected chi connectivity index (χ1v) is 21.8. The van der Waals surface area contributed by atoms with Crippen molar-refractivity contribution in [3.63, 3.8) is 0 Å². The van der Waals surface area contributed by atoms with E-state index in [1.54, 1.807) is 27.7 Å². The predicted octanol–water partition coefficient (Wildman–Crippen LogP) is 7.63. The number of alkyl carbamates (subject to hydrolysis) is 1. The summed E-state index contributed by atoms with van der Waals surface area (Å²) >= 11 is 0. The molecule has 6 rings (SSSR count). The number of H-pyrrole nitrogens is 2. The number of carboxylic acids is 1. The Labute approximate surface area is 376 Å². The molecule has 2 aliphatic heterocycles. The molecule has 0 radical (unpaired) electrons. The van der Waals surface area contributed by atoms with E-state index in [0.29, 0.717) is 42.1 Å². The number of hydrogen-bond donors (Lipinski definition) is 6. The van der Waals surface area contributed by atoms with Gasteiger partial charge < -0.3 is 45.9 Å². The average molecular weight is 891 g/mol. The minimum Gasteiger partial charge on any atom is -0.481 e. The zero-order valence-corrected chi connectivity index (χ0v) is 38.2. The number of hydrogen-bond acceptors (Lipinski definition) is 10. The minimum absolute atomic E-state index is 0.0106. The maximum Gasteiger partial charge on any atom is 0.407 e. The van der Waals surface area contributed by atoms with Crippen molar-refractivity contribution in [3.05, 3.63) is 91.9 Å². The van der Waals surface area contributed by atoms with E-state index in [-0.39, 0.29) is 56.9 Å². The van der Waals surface area contributed by atoms with Crippen LogP contribution in [-0.4, -0.2) is 88.1 Å². The highest BCUT2D eigenvalue weighted by atomic mass is 16.6. The van der Waals surface area contributed by atoms with Crippen LogP contribution in [-0.2, 0) is 32.1 Å². The van der Waals surface area contributed by atoms with Gasteiger partial charge in [-0.05, 0) is 155 Å². The van der Waals surface area contributed by atoms with Crippen molar-refractivity contribution < 1.29 is 33.9 Å². The number of aromatic amines is 2. The van der Waals surface area contributed by atoms with Crippen molar-refractivity contribution in [1.29, 1.82) is 0 Å². The van der Waals surface area contributed by atoms with E-state index in [4.69, 9.17) is 14.7 Å². The molecule has 0 saturated heterocycles. The van der Waals surface area contributed by atoms with Gasteiger partial charge in [0.25, 0.3) is 0 Å². The quantitative estimate of drug-likeness (QED) is 0.0341. The molecule has 4 aromatic heterocycles. The van der Waals surface area contributed by atoms with Crippen molar-refractivity contribution in [2.24, 2.45) is 0 Å². The highest BCUT2D eigenvalue weighted by Crippen LogP contribution is 2.35. The number of ether oxygens (including phenoxy) is 1. The van der Waals surface area contributed by atoms with Gasteiger partial charge in [-0.2, -0.15) is 0 Å². The fourth-order valence-corrected chi connectivity index (χ4v) is 7.92. The van der Waals surface area contributed by atoms with Crippen LogP contribution in [0.3, 0.4) is 0 Å². The molecule has 8 bridgehead atoms. The first-order valence-electron chi connectivity index (χ1n) is 21.8. The van der Waals surface area contributed by atoms with Gasteiger partial charge in [0.1, 0.15) is 24.4 Å². The summed E-state index contributed by atoms with van der Waals surface area (Å²) in [6.07, 6.45) is 4.38. The van der Waals surface area contributed by atoms with Crippen molar-refractivity contribution in [2.45, 2.75) is 119 Å². The lowest BCUT2D eigenvalue weighted by molar-refractivity contribution is -0.392. The maximum absolute atomic E-state index is 13.9. The van der Waals surface area contributed by atoms with Crippen LogP contribution in [0, 0.1) is 30.9 Å². The SMILES string of the molecule is CC1=Cc2cc3[nH]c(cc4nc(cc5[nH]c(cc1n2)c(C)c5CCC(=O)O)C(CCC(=O)NC(CCCCNC(=O)OC(C)(C)C)C(=O)NCCn1c([N+](=O)[O-])cnc1C)=C4C)cc3C. The standard InChI is InChI=1S/C47H58N10O8/c1-26-19-32-22-38-28(3)33(40(53-38)24-41-34(13-15-44(59)60)29(4)39(54-41)23-37-27(2)20-31(52-37)21-36(26)51-32)12-14-42(58)55-35(11-9-10-16-49-46(62)65-47(6,7)8)45(61)48-17-18-56-30(5)50-25-43(56)57(63)64/h19-25,35,51,54H,9-18H2,1-8H3,(H,48,61)(H,49,62)(H,55,58)(H,59,60). The number of aromatic nitrogens is 6. The second-order valence-corrected chi connectivity index (χ2v) is 17.5. The van der Waals surface area contributed by atoms with E-state index < -0.39 is 34.5 Å². The summed E-state index contributed by atoms with van der Waals surface area (Å²) in [4.78, 5) is 83.5. The zero-order valence-electron chi connectivity index (χ0n) is 38.2. The van der Waals surface area contributed by atoms with Crippen LogP contribution in [0.1, 0.15) is 118 Å². The lowest BCUT2D eigenvalue weighted by Crippen LogP contribution is -2.47. The third-order valence-electron chi connectivity index (χ3n) is 11.4. The third-order valence-corrected chi connectivity index (χ3v) is 11.4. The molecule has 18 nitrogen and oxygen atoms in total. The van der Waals surface area contributed by atoms with E-state index in [1.165, 1.54) is 10.8 Å². The van der Waals surface area contributed by atoms with Gasteiger partial charge in [0.05, 0.1) is 29.3 Å². The van der Waals surface area contributed by atoms with Gasteiger partial charge in [0.2, 0.25) is 11.8 Å². The number of amides is 3. The monoisotopic (exact) mass is 890 g/mol. The molecule has 6 heterocycles. The molecule has 1 unspecified atom stereocenters. The maximum atomic E-state index is 13.9. The van der Waals surface area contributed by atoms with E-state index >= 15 is 0 Å². The van der Waals surface area contributed by atoms with Crippen molar-refractivity contribution >= 4 is 74.6 Å². The molecular weight excluding hydrogens is 833 g/mol. The number of allylic oxidation sites excluding steroid dienone is 3. The Kier molecular flexibility index (Phi) is 14.7. The second-order valence-electron chi connectivity index (χ2n) is 17.5. The van der Waals surface area contributed by atoms with Crippen LogP contribution in [0.4, 0.5) is 10.6 Å². The predicted molar refractivity (Wildman–Crippen MR) is 248 cm³/mol. The van der Waals surface area contributed by atoms with Crippen LogP contribution in [0.2, 0.25) is 0 Å². The minimum atomic E-state index is -0.939. The van der Waals surface area contributed by atoms with Gasteiger partial charge in [0.15, 0.2) is 5.82 Å². The van der Waals surface area contributed by atoms with Crippen molar-refractivity contribution in [3.8, 4) is 0 Å². The Bertz CT molecular complexity index is 2750. The summed E-state index contributed by atoms with van der Waals surface area (Å²) in [6.45, 7) is 15.3. The molecule has 0 fully saturated rings. The number of aryl methyl sites for hydroxylation is 4. The number of aliphatic carboxylic acids is 1. The van der Waals surface area contributed by atoms with E-state index in [0.717, 1.165) is 61.3 Å². The van der Waals surface area contributed by atoms with Crippen molar-refractivity contribution in [2.75, 3.05) is 13.1 Å². The van der Waals surface area contributed by atoms with Gasteiger partial charge in [-0.3, -0.25) is 14.4 Å². The third kappa shape index (κ3) is 12.1. The molecular formula is C47H58N10O8. The first kappa shape index (κ1) is 47.4. The number of nitro groups is 1. The molecule has 0 aliphatic carbocycles. The number of imidazole rings is 1. The molecule has 18 heteroatoms. The van der Waals surface area contributed by atoms with Crippen LogP contribution >= 0.6 is 0 Å². The fourth-order valence-electron chi connectivity index (χ4n) is 7.92. The molecule has 2 aliphatic rings. The largest absolute Gasteiger partial charge is 0.481 e. The van der Waals surface area contributed by atoms with Gasteiger partial charge in [-0.25, -0.2) is 24.3 Å². The number of carbonyl (C=O) groups is 4. The molecule has 3 amide bonds. The number of rotatable bonds is 17. The Balaban J connectivity index is 1.27. The van der Waals surface area contributed by atoms with E-state index in [1.807, 2.05) is 64.1 Å². The normalized spacial score (nSPS) is 13.0. The first-order chi connectivity index (χ1) is 30.8. The second kappa shape index (κ2) is 20.2. The molecule has 344 valence electrons. The summed E-state index contributed by atoms with van der Waals surface area (Å²) in [6, 6.07) is 8.95. The average Bonchev–Trinajstić information content (AvgIpc) is 4.00. The van der Waals surface area contributed by atoms with Crippen LogP contribution < -0.4 is 16.0 Å². The van der Waals surface area contributed by atoms with Gasteiger partial charge in [0, 0.05) is 48.4 Å². The van der Waals surface area contributed by atoms with Crippen LogP contribution in [0.5, 0.6) is 0 Å². The number of nitrogens with zero attached hydrogens (tertiary/aromatic N) is 5. The van der Waals surface area contributed by atoms with Crippen LogP contribution in [0.15, 0.2) is 36.5 Å². The van der Waals surface area contributed by atoms with E-state index in [9.17, 15) is 34.4 Å². The molecule has 4 aromatic rings. The molecule has 1 atom stereocenters. The van der Waals surface area contributed by atoms with Crippen LogP contribution in [0.25, 0.3) is 44.9 Å². The summed E-state index contributed by atoms with van der Waals surface area (Å²) < 4.78 is 6.71. The summed E-state index contributed by atoms with van der Waals surface area (Å²) in [5.74, 6) is -1.51. The summed E-state index contributed by atoms with van der Waals surface area (Å²) in [5, 5.41) is 29.6. The molecule has 6 N–H and O–H groups in total. The highest BCUT2D eigenvalue weighted by Gasteiger charge is 2.25. The number of unbranched alkanes of at least 4 members (excludes halogenated alkanes) is 1. The molecule has 0 saturated carbocycles. The lowest BCUT2D eigenvalue weighted by Gasteiger charge is -2.20. The van der Waals surface area contributed by atoms with E-state index in [2.05, 4.69) is 30.9 Å². The summed E-state index contributed by atoms with van der Waals surface area (Å²) in [5.41, 5.74) is 10.9. The number of carboxylic acid groups (broad SMARTS) is 1. The Morgan fingerprint density at radius 1 is 0.877 bits per heavy atom. The lowest BCUT2D eigenvalue weighted by atomic mass is 10.00. The zero-order chi connectivity index (χ0) is 47.2. The fraction of sp³-hybridized carbons (Fsp3) is 0.426. The topological polar surface area (TPSA) is 252 Å². The van der Waals surface area contributed by atoms with Crippen molar-refractivity contribution in [1.82, 2.24) is 45.4 Å². The molecule has 0 spiro atoms. The smallest absolute Gasteiger partial charge is 0.407 e. The summed E-state index contributed by atoms with van der Waals surface area (Å²) in [7, 11) is 0. The molecule has 65 heavy (non-hydrogen) atoms. The molecule has 0 aromatic carbocycles. The Morgan fingerprint density at radius 2 is 1.63 bits per heavy atom. The van der Waals surface area contributed by atoms with Gasteiger partial charge in [-0.1, -0.05) is 0 Å². The number of nitrogens with one attached hydrogen (secondary N) is 5.